The Morgan fingerprint density at radius 3 is 3.00 bits per heavy atom. The van der Waals surface area contributed by atoms with Crippen LogP contribution >= 0.6 is 0 Å². The van der Waals surface area contributed by atoms with Gasteiger partial charge in [0.05, 0.1) is 5.69 Å². The first kappa shape index (κ1) is 14.9. The summed E-state index contributed by atoms with van der Waals surface area (Å²) in [6, 6.07) is 6.40. The van der Waals surface area contributed by atoms with Gasteiger partial charge in [0.15, 0.2) is 5.65 Å². The van der Waals surface area contributed by atoms with Crippen LogP contribution < -0.4 is 16.0 Å². The molecule has 1 aliphatic rings. The lowest BCUT2D eigenvalue weighted by Gasteiger charge is -2.24. The number of imidazole rings is 1. The summed E-state index contributed by atoms with van der Waals surface area (Å²) in [5, 5.41) is 14.9. The Kier molecular flexibility index (Phi) is 4.00. The van der Waals surface area contributed by atoms with Crippen LogP contribution in [0.25, 0.3) is 5.65 Å². The van der Waals surface area contributed by atoms with Gasteiger partial charge in [0.2, 0.25) is 0 Å². The number of piperidine rings is 1. The molecule has 7 heteroatoms. The van der Waals surface area contributed by atoms with Crippen molar-refractivity contribution in [3.05, 3.63) is 42.4 Å². The van der Waals surface area contributed by atoms with Gasteiger partial charge in [0, 0.05) is 37.2 Å². The molecule has 1 atom stereocenters. The minimum absolute atomic E-state index is 0.401. The van der Waals surface area contributed by atoms with Crippen molar-refractivity contribution in [1.82, 2.24) is 24.9 Å². The monoisotopic (exact) mass is 323 g/mol. The quantitative estimate of drug-likeness (QED) is 0.684. The van der Waals surface area contributed by atoms with Gasteiger partial charge in [-0.2, -0.15) is 0 Å². The molecule has 1 fully saturated rings. The van der Waals surface area contributed by atoms with Crippen LogP contribution in [0, 0.1) is 6.92 Å². The minimum atomic E-state index is 0.401. The van der Waals surface area contributed by atoms with Gasteiger partial charge in [-0.1, -0.05) is 6.07 Å². The van der Waals surface area contributed by atoms with E-state index in [1.54, 1.807) is 10.7 Å². The number of hydrogen-bond donors (Lipinski definition) is 3. The fourth-order valence-corrected chi connectivity index (χ4v) is 2.94. The molecule has 0 amide bonds. The summed E-state index contributed by atoms with van der Waals surface area (Å²) in [5.41, 5.74) is 2.80. The number of aryl methyl sites for hydroxylation is 1. The highest BCUT2D eigenvalue weighted by molar-refractivity contribution is 5.74. The number of nitrogens with one attached hydrogen (secondary N) is 3. The molecule has 124 valence electrons. The molecule has 7 nitrogen and oxygen atoms in total. The Balaban J connectivity index is 1.63. The van der Waals surface area contributed by atoms with E-state index < -0.39 is 0 Å². The van der Waals surface area contributed by atoms with E-state index in [9.17, 15) is 0 Å². The molecule has 1 saturated heterocycles. The highest BCUT2D eigenvalue weighted by Gasteiger charge is 2.15. The largest absolute Gasteiger partial charge is 0.365 e. The molecule has 1 aliphatic heterocycles. The summed E-state index contributed by atoms with van der Waals surface area (Å²) in [5.74, 6) is 1.63. The van der Waals surface area contributed by atoms with Crippen molar-refractivity contribution in [2.24, 2.45) is 0 Å². The average Bonchev–Trinajstić information content (AvgIpc) is 3.07. The zero-order valence-electron chi connectivity index (χ0n) is 13.7. The van der Waals surface area contributed by atoms with Gasteiger partial charge in [-0.25, -0.2) is 14.5 Å². The third-order valence-electron chi connectivity index (χ3n) is 4.18. The van der Waals surface area contributed by atoms with Crippen molar-refractivity contribution in [3.8, 4) is 0 Å². The molecule has 0 saturated carbocycles. The van der Waals surface area contributed by atoms with Crippen LogP contribution in [0.5, 0.6) is 0 Å². The van der Waals surface area contributed by atoms with E-state index in [1.165, 1.54) is 6.42 Å². The Morgan fingerprint density at radius 1 is 1.25 bits per heavy atom. The predicted molar refractivity (Wildman–Crippen MR) is 94.8 cm³/mol. The second-order valence-corrected chi connectivity index (χ2v) is 6.17. The highest BCUT2D eigenvalue weighted by Crippen LogP contribution is 2.23. The zero-order valence-corrected chi connectivity index (χ0v) is 13.7. The Labute approximate surface area is 140 Å². The average molecular weight is 323 g/mol. The van der Waals surface area contributed by atoms with E-state index in [4.69, 9.17) is 0 Å². The van der Waals surface area contributed by atoms with Crippen molar-refractivity contribution < 1.29 is 0 Å². The maximum atomic E-state index is 4.60. The van der Waals surface area contributed by atoms with E-state index in [-0.39, 0.29) is 0 Å². The van der Waals surface area contributed by atoms with Crippen LogP contribution in [-0.2, 0) is 0 Å². The summed E-state index contributed by atoms with van der Waals surface area (Å²) in [7, 11) is 0. The summed E-state index contributed by atoms with van der Waals surface area (Å²) < 4.78 is 1.79. The summed E-state index contributed by atoms with van der Waals surface area (Å²) in [6.45, 7) is 4.08. The lowest BCUT2D eigenvalue weighted by molar-refractivity contribution is 0.478. The van der Waals surface area contributed by atoms with Crippen LogP contribution in [-0.4, -0.2) is 38.7 Å². The molecule has 0 aliphatic carbocycles. The number of aromatic nitrogens is 4. The molecular formula is C17H21N7. The van der Waals surface area contributed by atoms with Crippen LogP contribution in [0.3, 0.4) is 0 Å². The van der Waals surface area contributed by atoms with Gasteiger partial charge < -0.3 is 16.0 Å². The van der Waals surface area contributed by atoms with E-state index in [0.29, 0.717) is 6.04 Å². The summed E-state index contributed by atoms with van der Waals surface area (Å²) in [4.78, 5) is 8.80. The molecular weight excluding hydrogens is 302 g/mol. The molecule has 0 spiro atoms. The first-order chi connectivity index (χ1) is 11.8. The molecule has 4 heterocycles. The first-order valence-electron chi connectivity index (χ1n) is 8.29. The minimum Gasteiger partial charge on any atom is -0.365 e. The number of nitrogens with zero attached hydrogens (tertiary/aromatic N) is 4. The van der Waals surface area contributed by atoms with Crippen LogP contribution in [0.15, 0.2) is 36.8 Å². The number of hydrogen-bond acceptors (Lipinski definition) is 6. The Hall–Kier alpha value is -2.67. The van der Waals surface area contributed by atoms with Gasteiger partial charge in [0.25, 0.3) is 0 Å². The van der Waals surface area contributed by atoms with Crippen molar-refractivity contribution in [2.45, 2.75) is 25.8 Å². The molecule has 24 heavy (non-hydrogen) atoms. The van der Waals surface area contributed by atoms with Gasteiger partial charge >= 0.3 is 0 Å². The van der Waals surface area contributed by atoms with E-state index >= 15 is 0 Å². The lowest BCUT2D eigenvalue weighted by atomic mass is 10.1. The fourth-order valence-electron chi connectivity index (χ4n) is 2.94. The summed E-state index contributed by atoms with van der Waals surface area (Å²) in [6.07, 6.45) is 7.79. The number of pyridine rings is 1. The van der Waals surface area contributed by atoms with Crippen molar-refractivity contribution >= 4 is 23.0 Å². The smallest absolute Gasteiger partial charge is 0.177 e. The number of fused-ring (bicyclic) bond motifs is 1. The third-order valence-corrected chi connectivity index (χ3v) is 4.18. The highest BCUT2D eigenvalue weighted by atomic mass is 15.3. The SMILES string of the molecule is Cc1ccc(Nc2cc(N[C@H]3CCCNC3)nn3ccnc23)nc1. The van der Waals surface area contributed by atoms with Gasteiger partial charge in [-0.05, 0) is 37.9 Å². The molecule has 3 N–H and O–H groups in total. The van der Waals surface area contributed by atoms with E-state index in [2.05, 4.69) is 31.0 Å². The molecule has 3 aromatic rings. The molecule has 0 radical (unpaired) electrons. The number of anilines is 3. The molecule has 0 unspecified atom stereocenters. The van der Waals surface area contributed by atoms with Gasteiger partial charge in [0.1, 0.15) is 11.6 Å². The second-order valence-electron chi connectivity index (χ2n) is 6.17. The number of rotatable bonds is 4. The molecule has 0 bridgehead atoms. The molecule has 4 rings (SSSR count). The van der Waals surface area contributed by atoms with E-state index in [1.807, 2.05) is 37.5 Å². The van der Waals surface area contributed by atoms with E-state index in [0.717, 1.165) is 48.0 Å². The van der Waals surface area contributed by atoms with Crippen molar-refractivity contribution in [2.75, 3.05) is 23.7 Å². The van der Waals surface area contributed by atoms with Crippen molar-refractivity contribution in [1.29, 1.82) is 0 Å². The molecule has 3 aromatic heterocycles. The zero-order chi connectivity index (χ0) is 16.4. The lowest BCUT2D eigenvalue weighted by Crippen LogP contribution is -2.38. The normalized spacial score (nSPS) is 17.8. The van der Waals surface area contributed by atoms with Crippen LogP contribution in [0.1, 0.15) is 18.4 Å². The third kappa shape index (κ3) is 3.16. The topological polar surface area (TPSA) is 79.2 Å². The van der Waals surface area contributed by atoms with Crippen molar-refractivity contribution in [3.63, 3.8) is 0 Å². The van der Waals surface area contributed by atoms with Crippen LogP contribution in [0.4, 0.5) is 17.3 Å². The van der Waals surface area contributed by atoms with Crippen LogP contribution in [0.2, 0.25) is 0 Å². The summed E-state index contributed by atoms with van der Waals surface area (Å²) >= 11 is 0. The second kappa shape index (κ2) is 6.45. The first-order valence-corrected chi connectivity index (χ1v) is 8.29. The Bertz CT molecular complexity index is 819. The predicted octanol–water partition coefficient (Wildman–Crippen LogP) is 2.34. The molecule has 0 aromatic carbocycles. The Morgan fingerprint density at radius 2 is 2.21 bits per heavy atom. The standard InChI is InChI=1S/C17H21N7/c1-12-4-5-15(20-10-12)22-14-9-16(21-13-3-2-6-18-11-13)23-24-8-7-19-17(14)24/h4-5,7-10,13,18H,2-3,6,11H2,1H3,(H,20,22)(H,21,23)/t13-/m0/s1. The fraction of sp³-hybridized carbons (Fsp3) is 0.353. The maximum Gasteiger partial charge on any atom is 0.177 e. The maximum absolute atomic E-state index is 4.60. The van der Waals surface area contributed by atoms with Gasteiger partial charge in [-0.3, -0.25) is 0 Å². The van der Waals surface area contributed by atoms with Gasteiger partial charge in [-0.15, -0.1) is 5.10 Å².